The van der Waals surface area contributed by atoms with Crippen LogP contribution in [0.5, 0.6) is 0 Å². The topological polar surface area (TPSA) is 42.3 Å². The van der Waals surface area contributed by atoms with Crippen molar-refractivity contribution in [2.45, 2.75) is 45.6 Å². The van der Waals surface area contributed by atoms with Gasteiger partial charge in [0.2, 0.25) is 0 Å². The van der Waals surface area contributed by atoms with Gasteiger partial charge >= 0.3 is 0 Å². The SMILES string of the molecule is Cc1cc(/C=C2\SC(=O)N(c3ccccc3)C2=O)c(C)n1C1CCCC1. The van der Waals surface area contributed by atoms with E-state index in [1.807, 2.05) is 24.3 Å². The van der Waals surface area contributed by atoms with Crippen LogP contribution in [0.15, 0.2) is 41.3 Å². The van der Waals surface area contributed by atoms with E-state index in [0.29, 0.717) is 16.6 Å². The van der Waals surface area contributed by atoms with Crippen LogP contribution in [0.2, 0.25) is 0 Å². The van der Waals surface area contributed by atoms with Crippen LogP contribution in [0.3, 0.4) is 0 Å². The van der Waals surface area contributed by atoms with E-state index >= 15 is 0 Å². The second-order valence-corrected chi connectivity index (χ2v) is 7.98. The number of anilines is 1. The van der Waals surface area contributed by atoms with Crippen LogP contribution in [0.1, 0.15) is 48.7 Å². The molecule has 0 N–H and O–H groups in total. The number of hydrogen-bond acceptors (Lipinski definition) is 3. The highest BCUT2D eigenvalue weighted by Gasteiger charge is 2.36. The van der Waals surface area contributed by atoms with Crippen molar-refractivity contribution >= 4 is 34.7 Å². The molecule has 2 aromatic rings. The first-order valence-corrected chi connectivity index (χ1v) is 9.89. The lowest BCUT2D eigenvalue weighted by Crippen LogP contribution is -2.27. The minimum Gasteiger partial charge on any atom is -0.346 e. The van der Waals surface area contributed by atoms with Crippen LogP contribution in [-0.2, 0) is 4.79 Å². The van der Waals surface area contributed by atoms with E-state index < -0.39 is 0 Å². The van der Waals surface area contributed by atoms with Gasteiger partial charge in [0, 0.05) is 17.4 Å². The molecular weight excluding hydrogens is 344 g/mol. The average Bonchev–Trinajstić information content (AvgIpc) is 3.30. The molecule has 2 heterocycles. The van der Waals surface area contributed by atoms with Gasteiger partial charge in [-0.25, -0.2) is 4.90 Å². The van der Waals surface area contributed by atoms with Crippen molar-refractivity contribution < 1.29 is 9.59 Å². The van der Waals surface area contributed by atoms with E-state index in [2.05, 4.69) is 24.5 Å². The zero-order valence-electron chi connectivity index (χ0n) is 15.1. The molecule has 2 aliphatic rings. The van der Waals surface area contributed by atoms with Gasteiger partial charge in [0.25, 0.3) is 11.1 Å². The molecule has 0 unspecified atom stereocenters. The highest BCUT2D eigenvalue weighted by Crippen LogP contribution is 2.38. The number of aromatic nitrogens is 1. The molecule has 1 aromatic carbocycles. The first kappa shape index (κ1) is 17.2. The van der Waals surface area contributed by atoms with Gasteiger partial charge < -0.3 is 4.57 Å². The zero-order valence-corrected chi connectivity index (χ0v) is 15.9. The monoisotopic (exact) mass is 366 g/mol. The third-order valence-corrected chi connectivity index (χ3v) is 6.18. The van der Waals surface area contributed by atoms with Gasteiger partial charge in [-0.05, 0) is 68.3 Å². The van der Waals surface area contributed by atoms with E-state index in [9.17, 15) is 9.59 Å². The smallest absolute Gasteiger partial charge is 0.298 e. The van der Waals surface area contributed by atoms with Crippen molar-refractivity contribution in [3.8, 4) is 0 Å². The highest BCUT2D eigenvalue weighted by atomic mass is 32.2. The molecule has 1 saturated carbocycles. The number of benzene rings is 1. The summed E-state index contributed by atoms with van der Waals surface area (Å²) in [6, 6.07) is 11.8. The van der Waals surface area contributed by atoms with Crippen molar-refractivity contribution in [3.05, 3.63) is 58.3 Å². The summed E-state index contributed by atoms with van der Waals surface area (Å²) in [5, 5.41) is -0.239. The summed E-state index contributed by atoms with van der Waals surface area (Å²) in [5.74, 6) is -0.239. The Bertz CT molecular complexity index is 892. The number of nitrogens with zero attached hydrogens (tertiary/aromatic N) is 2. The fourth-order valence-corrected chi connectivity index (χ4v) is 4.91. The Morgan fingerprint density at radius 3 is 2.46 bits per heavy atom. The molecule has 26 heavy (non-hydrogen) atoms. The predicted molar refractivity (Wildman–Crippen MR) is 106 cm³/mol. The van der Waals surface area contributed by atoms with E-state index in [0.717, 1.165) is 17.3 Å². The lowest BCUT2D eigenvalue weighted by molar-refractivity contribution is -0.113. The number of carbonyl (C=O) groups is 2. The highest BCUT2D eigenvalue weighted by molar-refractivity contribution is 8.19. The van der Waals surface area contributed by atoms with Gasteiger partial charge in [-0.15, -0.1) is 0 Å². The number of imide groups is 1. The lowest BCUT2D eigenvalue weighted by atomic mass is 10.2. The number of carbonyl (C=O) groups excluding carboxylic acids is 2. The molecular formula is C21H22N2O2S. The molecule has 1 aliphatic carbocycles. The molecule has 0 spiro atoms. The van der Waals surface area contributed by atoms with Crippen molar-refractivity contribution in [1.82, 2.24) is 4.57 Å². The number of para-hydroxylation sites is 1. The second-order valence-electron chi connectivity index (χ2n) is 6.99. The molecule has 134 valence electrons. The minimum absolute atomic E-state index is 0.239. The van der Waals surface area contributed by atoms with Crippen LogP contribution < -0.4 is 4.90 Å². The summed E-state index contributed by atoms with van der Waals surface area (Å²) in [6.07, 6.45) is 6.89. The maximum absolute atomic E-state index is 12.8. The second kappa shape index (κ2) is 6.80. The minimum atomic E-state index is -0.239. The van der Waals surface area contributed by atoms with Gasteiger partial charge in [0.1, 0.15) is 0 Å². The fraction of sp³-hybridized carbons (Fsp3) is 0.333. The zero-order chi connectivity index (χ0) is 18.3. The standard InChI is InChI=1S/C21H22N2O2S/c1-14-12-16(15(2)22(14)17-10-6-7-11-17)13-19-20(24)23(21(25)26-19)18-8-4-3-5-9-18/h3-5,8-9,12-13,17H,6-7,10-11H2,1-2H3/b19-13-. The predicted octanol–water partition coefficient (Wildman–Crippen LogP) is 5.46. The molecule has 1 aromatic heterocycles. The normalized spacial score (nSPS) is 19.9. The van der Waals surface area contributed by atoms with Crippen molar-refractivity contribution in [1.29, 1.82) is 0 Å². The molecule has 1 saturated heterocycles. The molecule has 1 aliphatic heterocycles. The summed E-state index contributed by atoms with van der Waals surface area (Å²) in [4.78, 5) is 26.9. The average molecular weight is 366 g/mol. The van der Waals surface area contributed by atoms with Crippen LogP contribution >= 0.6 is 11.8 Å². The number of rotatable bonds is 3. The Kier molecular flexibility index (Phi) is 4.49. The van der Waals surface area contributed by atoms with Gasteiger partial charge in [0.15, 0.2) is 0 Å². The molecule has 2 amide bonds. The first-order chi connectivity index (χ1) is 12.6. The fourth-order valence-electron chi connectivity index (χ4n) is 4.08. The quantitative estimate of drug-likeness (QED) is 0.677. The van der Waals surface area contributed by atoms with Gasteiger partial charge in [-0.2, -0.15) is 0 Å². The van der Waals surface area contributed by atoms with Crippen molar-refractivity contribution in [2.24, 2.45) is 0 Å². The maximum atomic E-state index is 12.8. The van der Waals surface area contributed by atoms with Crippen LogP contribution in [0.25, 0.3) is 6.08 Å². The van der Waals surface area contributed by atoms with Crippen LogP contribution in [-0.4, -0.2) is 15.7 Å². The molecule has 0 atom stereocenters. The largest absolute Gasteiger partial charge is 0.346 e. The van der Waals surface area contributed by atoms with E-state index in [-0.39, 0.29) is 11.1 Å². The molecule has 0 bridgehead atoms. The van der Waals surface area contributed by atoms with E-state index in [1.165, 1.54) is 42.0 Å². The van der Waals surface area contributed by atoms with Gasteiger partial charge in [-0.3, -0.25) is 9.59 Å². The van der Waals surface area contributed by atoms with E-state index in [1.54, 1.807) is 12.1 Å². The number of hydrogen-bond donors (Lipinski definition) is 0. The summed E-state index contributed by atoms with van der Waals surface area (Å²) >= 11 is 1.02. The Labute approximate surface area is 157 Å². The van der Waals surface area contributed by atoms with E-state index in [4.69, 9.17) is 0 Å². The third kappa shape index (κ3) is 2.90. The molecule has 4 nitrogen and oxygen atoms in total. The van der Waals surface area contributed by atoms with Crippen LogP contribution in [0.4, 0.5) is 10.5 Å². The first-order valence-electron chi connectivity index (χ1n) is 9.07. The third-order valence-electron chi connectivity index (χ3n) is 5.31. The van der Waals surface area contributed by atoms with Crippen molar-refractivity contribution in [3.63, 3.8) is 0 Å². The lowest BCUT2D eigenvalue weighted by Gasteiger charge is -2.17. The van der Waals surface area contributed by atoms with Gasteiger partial charge in [-0.1, -0.05) is 31.0 Å². The summed E-state index contributed by atoms with van der Waals surface area (Å²) in [7, 11) is 0. The van der Waals surface area contributed by atoms with Crippen LogP contribution in [0, 0.1) is 13.8 Å². The number of aryl methyl sites for hydroxylation is 1. The Morgan fingerprint density at radius 1 is 1.08 bits per heavy atom. The molecule has 5 heteroatoms. The summed E-state index contributed by atoms with van der Waals surface area (Å²) < 4.78 is 2.40. The maximum Gasteiger partial charge on any atom is 0.298 e. The number of thioether (sulfide) groups is 1. The molecule has 4 rings (SSSR count). The Balaban J connectivity index is 1.66. The summed E-state index contributed by atoms with van der Waals surface area (Å²) in [5.41, 5.74) is 4.06. The number of amides is 2. The summed E-state index contributed by atoms with van der Waals surface area (Å²) in [6.45, 7) is 4.23. The van der Waals surface area contributed by atoms with Crippen molar-refractivity contribution in [2.75, 3.05) is 4.90 Å². The van der Waals surface area contributed by atoms with Gasteiger partial charge in [0.05, 0.1) is 10.6 Å². The molecule has 0 radical (unpaired) electrons. The Morgan fingerprint density at radius 2 is 1.77 bits per heavy atom. The molecule has 2 fully saturated rings. The Hall–Kier alpha value is -2.27.